The highest BCUT2D eigenvalue weighted by atomic mass is 15.3. The molecule has 0 radical (unpaired) electrons. The Kier molecular flexibility index (Phi) is 1.68. The van der Waals surface area contributed by atoms with Crippen molar-refractivity contribution in [2.24, 2.45) is 5.73 Å². The van der Waals surface area contributed by atoms with Gasteiger partial charge < -0.3 is 10.6 Å². The maximum Gasteiger partial charge on any atom is 0.0989 e. The number of nitrogens with one attached hydrogen (secondary N) is 1. The molecular weight excluding hydrogens is 138 g/mol. The fourth-order valence-corrected chi connectivity index (χ4v) is 1.60. The molecule has 11 heavy (non-hydrogen) atoms. The second kappa shape index (κ2) is 2.68. The van der Waals surface area contributed by atoms with Crippen LogP contribution in [0, 0.1) is 0 Å². The van der Waals surface area contributed by atoms with Crippen molar-refractivity contribution in [3.8, 4) is 0 Å². The van der Waals surface area contributed by atoms with E-state index in [0.717, 1.165) is 13.1 Å². The monoisotopic (exact) mass is 151 g/mol. The standard InChI is InChI=1S/C8H13N3/c9-5-7-6-10-8-3-1-2-4-11(7)8/h1-4,7-8,10H,5-6,9H2/t7-,8-/m1/s1. The molecule has 1 saturated heterocycles. The summed E-state index contributed by atoms with van der Waals surface area (Å²) in [6.07, 6.45) is 8.74. The van der Waals surface area contributed by atoms with Crippen LogP contribution in [-0.2, 0) is 0 Å². The highest BCUT2D eigenvalue weighted by Crippen LogP contribution is 2.15. The van der Waals surface area contributed by atoms with Gasteiger partial charge in [-0.3, -0.25) is 5.32 Å². The van der Waals surface area contributed by atoms with Gasteiger partial charge in [0.1, 0.15) is 0 Å². The largest absolute Gasteiger partial charge is 0.353 e. The minimum absolute atomic E-state index is 0.383. The zero-order chi connectivity index (χ0) is 7.68. The molecule has 2 rings (SSSR count). The molecular formula is C8H13N3. The van der Waals surface area contributed by atoms with Crippen molar-refractivity contribution in [3.05, 3.63) is 24.4 Å². The van der Waals surface area contributed by atoms with Crippen LogP contribution in [0.15, 0.2) is 24.4 Å². The number of nitrogens with two attached hydrogens (primary N) is 1. The second-order valence-electron chi connectivity index (χ2n) is 2.92. The summed E-state index contributed by atoms with van der Waals surface area (Å²) in [4.78, 5) is 2.26. The summed E-state index contributed by atoms with van der Waals surface area (Å²) in [6.45, 7) is 1.72. The third kappa shape index (κ3) is 1.06. The van der Waals surface area contributed by atoms with Crippen LogP contribution in [0.4, 0.5) is 0 Å². The Morgan fingerprint density at radius 3 is 3.27 bits per heavy atom. The van der Waals surface area contributed by atoms with Gasteiger partial charge in [0.15, 0.2) is 0 Å². The van der Waals surface area contributed by atoms with E-state index in [1.54, 1.807) is 0 Å². The molecule has 3 nitrogen and oxygen atoms in total. The SMILES string of the molecule is NC[C@@H]1CN[C@H]2C=CC=CN12. The Morgan fingerprint density at radius 1 is 1.55 bits per heavy atom. The van der Waals surface area contributed by atoms with Crippen molar-refractivity contribution in [2.45, 2.75) is 12.2 Å². The van der Waals surface area contributed by atoms with E-state index in [1.165, 1.54) is 0 Å². The minimum Gasteiger partial charge on any atom is -0.353 e. The van der Waals surface area contributed by atoms with Gasteiger partial charge in [-0.05, 0) is 12.2 Å². The average molecular weight is 151 g/mol. The number of fused-ring (bicyclic) bond motifs is 1. The van der Waals surface area contributed by atoms with Crippen molar-refractivity contribution < 1.29 is 0 Å². The molecule has 3 heteroatoms. The fraction of sp³-hybridized carbons (Fsp3) is 0.500. The molecule has 0 aliphatic carbocycles. The third-order valence-corrected chi connectivity index (χ3v) is 2.24. The van der Waals surface area contributed by atoms with E-state index in [1.807, 2.05) is 6.08 Å². The number of hydrogen-bond donors (Lipinski definition) is 2. The maximum atomic E-state index is 5.60. The summed E-state index contributed by atoms with van der Waals surface area (Å²) in [5.74, 6) is 0. The first-order valence-electron chi connectivity index (χ1n) is 3.97. The van der Waals surface area contributed by atoms with Crippen molar-refractivity contribution in [3.63, 3.8) is 0 Å². The van der Waals surface area contributed by atoms with Crippen LogP contribution in [0.2, 0.25) is 0 Å². The van der Waals surface area contributed by atoms with Gasteiger partial charge in [0.25, 0.3) is 0 Å². The summed E-state index contributed by atoms with van der Waals surface area (Å²) in [6, 6.07) is 0.473. The molecule has 2 aliphatic heterocycles. The molecule has 0 bridgehead atoms. The topological polar surface area (TPSA) is 41.3 Å². The zero-order valence-electron chi connectivity index (χ0n) is 6.40. The van der Waals surface area contributed by atoms with E-state index < -0.39 is 0 Å². The van der Waals surface area contributed by atoms with E-state index in [4.69, 9.17) is 5.73 Å². The van der Waals surface area contributed by atoms with Crippen LogP contribution >= 0.6 is 0 Å². The van der Waals surface area contributed by atoms with Crippen LogP contribution in [0.3, 0.4) is 0 Å². The van der Waals surface area contributed by atoms with Crippen LogP contribution in [0.5, 0.6) is 0 Å². The molecule has 0 aromatic rings. The fourth-order valence-electron chi connectivity index (χ4n) is 1.60. The summed E-state index contributed by atoms with van der Waals surface area (Å²) in [7, 11) is 0. The molecule has 1 fully saturated rings. The molecule has 0 aromatic carbocycles. The maximum absolute atomic E-state index is 5.60. The van der Waals surface area contributed by atoms with E-state index in [-0.39, 0.29) is 0 Å². The first-order chi connectivity index (χ1) is 5.42. The van der Waals surface area contributed by atoms with Gasteiger partial charge in [-0.1, -0.05) is 6.08 Å². The Hall–Kier alpha value is -0.800. The van der Waals surface area contributed by atoms with Gasteiger partial charge in [0.05, 0.1) is 12.2 Å². The van der Waals surface area contributed by atoms with E-state index >= 15 is 0 Å². The number of rotatable bonds is 1. The quantitative estimate of drug-likeness (QED) is 0.537. The zero-order valence-corrected chi connectivity index (χ0v) is 6.40. The van der Waals surface area contributed by atoms with Crippen LogP contribution in [-0.4, -0.2) is 30.2 Å². The summed E-state index contributed by atoms with van der Waals surface area (Å²) in [5.41, 5.74) is 5.60. The van der Waals surface area contributed by atoms with Crippen molar-refractivity contribution in [1.82, 2.24) is 10.2 Å². The van der Waals surface area contributed by atoms with Crippen LogP contribution < -0.4 is 11.1 Å². The van der Waals surface area contributed by atoms with Gasteiger partial charge in [0, 0.05) is 19.3 Å². The third-order valence-electron chi connectivity index (χ3n) is 2.24. The lowest BCUT2D eigenvalue weighted by Gasteiger charge is -2.26. The van der Waals surface area contributed by atoms with Gasteiger partial charge in [-0.15, -0.1) is 0 Å². The first kappa shape index (κ1) is 6.88. The number of hydrogen-bond acceptors (Lipinski definition) is 3. The Morgan fingerprint density at radius 2 is 2.45 bits per heavy atom. The first-order valence-corrected chi connectivity index (χ1v) is 3.97. The lowest BCUT2D eigenvalue weighted by atomic mass is 10.2. The highest BCUT2D eigenvalue weighted by molar-refractivity contribution is 5.16. The summed E-state index contributed by atoms with van der Waals surface area (Å²) < 4.78 is 0. The van der Waals surface area contributed by atoms with Crippen LogP contribution in [0.1, 0.15) is 0 Å². The molecule has 3 N–H and O–H groups in total. The van der Waals surface area contributed by atoms with Crippen molar-refractivity contribution in [1.29, 1.82) is 0 Å². The molecule has 0 saturated carbocycles. The Labute approximate surface area is 66.6 Å². The van der Waals surface area contributed by atoms with Crippen molar-refractivity contribution >= 4 is 0 Å². The van der Waals surface area contributed by atoms with Gasteiger partial charge in [0.2, 0.25) is 0 Å². The molecule has 0 spiro atoms. The lowest BCUT2D eigenvalue weighted by molar-refractivity contribution is 0.309. The molecule has 2 heterocycles. The lowest BCUT2D eigenvalue weighted by Crippen LogP contribution is -2.38. The van der Waals surface area contributed by atoms with Crippen molar-refractivity contribution in [2.75, 3.05) is 13.1 Å². The van der Waals surface area contributed by atoms with E-state index in [9.17, 15) is 0 Å². The van der Waals surface area contributed by atoms with E-state index in [0.29, 0.717) is 12.2 Å². The number of nitrogens with zero attached hydrogens (tertiary/aromatic N) is 1. The van der Waals surface area contributed by atoms with E-state index in [2.05, 4.69) is 28.6 Å². The van der Waals surface area contributed by atoms with Gasteiger partial charge >= 0.3 is 0 Å². The highest BCUT2D eigenvalue weighted by Gasteiger charge is 2.28. The Balaban J connectivity index is 2.13. The molecule has 0 amide bonds. The predicted molar refractivity (Wildman–Crippen MR) is 44.8 cm³/mol. The van der Waals surface area contributed by atoms with Gasteiger partial charge in [-0.25, -0.2) is 0 Å². The smallest absolute Gasteiger partial charge is 0.0989 e. The van der Waals surface area contributed by atoms with Gasteiger partial charge in [-0.2, -0.15) is 0 Å². The summed E-state index contributed by atoms with van der Waals surface area (Å²) in [5, 5.41) is 3.37. The molecule has 0 unspecified atom stereocenters. The predicted octanol–water partition coefficient (Wildman–Crippen LogP) is -0.371. The minimum atomic E-state index is 0.383. The molecule has 60 valence electrons. The number of allylic oxidation sites excluding steroid dienone is 2. The summed E-state index contributed by atoms with van der Waals surface area (Å²) >= 11 is 0. The average Bonchev–Trinajstić information content (AvgIpc) is 2.47. The molecule has 2 atom stereocenters. The normalized spacial score (nSPS) is 34.5. The van der Waals surface area contributed by atoms with Crippen LogP contribution in [0.25, 0.3) is 0 Å². The second-order valence-corrected chi connectivity index (χ2v) is 2.92. The molecule has 0 aromatic heterocycles. The Bertz CT molecular complexity index is 198. The molecule has 2 aliphatic rings.